The molecule has 2 N–H and O–H groups in total. The highest BCUT2D eigenvalue weighted by molar-refractivity contribution is 7.99. The van der Waals surface area contributed by atoms with Crippen LogP contribution < -0.4 is 5.32 Å². The van der Waals surface area contributed by atoms with E-state index in [0.29, 0.717) is 17.0 Å². The van der Waals surface area contributed by atoms with Gasteiger partial charge in [0.15, 0.2) is 0 Å². The number of aromatic carboxylic acids is 1. The minimum atomic E-state index is -1.23. The molecule has 98 valence electrons. The maximum Gasteiger partial charge on any atom is 0.338 e. The third-order valence-corrected chi connectivity index (χ3v) is 4.48. The van der Waals surface area contributed by atoms with Crippen LogP contribution in [-0.2, 0) is 0 Å². The number of carboxylic acid groups (broad SMARTS) is 1. The van der Waals surface area contributed by atoms with Crippen LogP contribution in [0.25, 0.3) is 0 Å². The molecule has 1 aromatic rings. The molecule has 18 heavy (non-hydrogen) atoms. The highest BCUT2D eigenvalue weighted by Crippen LogP contribution is 2.31. The Morgan fingerprint density at radius 2 is 2.28 bits per heavy atom. The van der Waals surface area contributed by atoms with Gasteiger partial charge < -0.3 is 10.4 Å². The van der Waals surface area contributed by atoms with Gasteiger partial charge in [-0.2, -0.15) is 11.8 Å². The van der Waals surface area contributed by atoms with Crippen LogP contribution in [0, 0.1) is 5.82 Å². The fourth-order valence-corrected chi connectivity index (χ4v) is 3.30. The van der Waals surface area contributed by atoms with Crippen molar-refractivity contribution in [2.45, 2.75) is 30.6 Å². The fraction of sp³-hybridized carbons (Fsp3) is 0.462. The second-order valence-corrected chi connectivity index (χ2v) is 5.53. The standard InChI is InChI=1S/C13H16FNO2S/c1-18-12-4-2-3-11(12)15-8-5-6-9(13(16)17)10(14)7-8/h5-7,11-12,15H,2-4H2,1H3,(H,16,17). The molecule has 0 spiro atoms. The Morgan fingerprint density at radius 3 is 2.89 bits per heavy atom. The van der Waals surface area contributed by atoms with Gasteiger partial charge in [0.25, 0.3) is 0 Å². The zero-order valence-electron chi connectivity index (χ0n) is 10.1. The van der Waals surface area contributed by atoms with Gasteiger partial charge in [0.2, 0.25) is 0 Å². The number of hydrogen-bond acceptors (Lipinski definition) is 3. The van der Waals surface area contributed by atoms with Crippen LogP contribution in [0.3, 0.4) is 0 Å². The van der Waals surface area contributed by atoms with Crippen LogP contribution in [0.1, 0.15) is 29.6 Å². The summed E-state index contributed by atoms with van der Waals surface area (Å²) >= 11 is 1.82. The number of carboxylic acids is 1. The number of benzene rings is 1. The first-order chi connectivity index (χ1) is 8.61. The Balaban J connectivity index is 2.10. The first kappa shape index (κ1) is 13.2. The van der Waals surface area contributed by atoms with Gasteiger partial charge in [0, 0.05) is 17.0 Å². The summed E-state index contributed by atoms with van der Waals surface area (Å²) in [6.45, 7) is 0. The number of nitrogens with one attached hydrogen (secondary N) is 1. The number of anilines is 1. The summed E-state index contributed by atoms with van der Waals surface area (Å²) in [7, 11) is 0. The zero-order chi connectivity index (χ0) is 13.1. The van der Waals surface area contributed by atoms with E-state index in [9.17, 15) is 9.18 Å². The van der Waals surface area contributed by atoms with Crippen molar-refractivity contribution >= 4 is 23.4 Å². The van der Waals surface area contributed by atoms with Crippen LogP contribution in [0.2, 0.25) is 0 Å². The van der Waals surface area contributed by atoms with Crippen LogP contribution in [0.4, 0.5) is 10.1 Å². The third kappa shape index (κ3) is 2.77. The summed E-state index contributed by atoms with van der Waals surface area (Å²) in [5.41, 5.74) is 0.372. The second kappa shape index (κ2) is 5.61. The third-order valence-electron chi connectivity index (χ3n) is 3.31. The lowest BCUT2D eigenvalue weighted by Crippen LogP contribution is -2.25. The predicted molar refractivity (Wildman–Crippen MR) is 71.9 cm³/mol. The van der Waals surface area contributed by atoms with Crippen LogP contribution in [-0.4, -0.2) is 28.6 Å². The Hall–Kier alpha value is -1.23. The normalized spacial score (nSPS) is 23.0. The molecule has 1 aromatic carbocycles. The lowest BCUT2D eigenvalue weighted by Gasteiger charge is -2.20. The quantitative estimate of drug-likeness (QED) is 0.881. The first-order valence-corrected chi connectivity index (χ1v) is 7.23. The average molecular weight is 269 g/mol. The van der Waals surface area contributed by atoms with Crippen molar-refractivity contribution in [3.63, 3.8) is 0 Å². The summed E-state index contributed by atoms with van der Waals surface area (Å²) < 4.78 is 13.5. The van der Waals surface area contributed by atoms with Gasteiger partial charge in [-0.15, -0.1) is 0 Å². The van der Waals surface area contributed by atoms with Gasteiger partial charge in [0.1, 0.15) is 5.82 Å². The molecule has 0 radical (unpaired) electrons. The van der Waals surface area contributed by atoms with E-state index >= 15 is 0 Å². The van der Waals surface area contributed by atoms with E-state index in [4.69, 9.17) is 5.11 Å². The minimum absolute atomic E-state index is 0.284. The minimum Gasteiger partial charge on any atom is -0.478 e. The van der Waals surface area contributed by atoms with E-state index in [1.807, 2.05) is 11.8 Å². The van der Waals surface area contributed by atoms with Crippen LogP contribution >= 0.6 is 11.8 Å². The van der Waals surface area contributed by atoms with Gasteiger partial charge in [-0.3, -0.25) is 0 Å². The van der Waals surface area contributed by atoms with E-state index < -0.39 is 11.8 Å². The van der Waals surface area contributed by atoms with Gasteiger partial charge in [-0.05, 0) is 37.3 Å². The molecular formula is C13H16FNO2S. The highest BCUT2D eigenvalue weighted by Gasteiger charge is 2.26. The molecule has 5 heteroatoms. The van der Waals surface area contributed by atoms with E-state index in [1.165, 1.54) is 25.0 Å². The number of carbonyl (C=O) groups is 1. The molecule has 0 aromatic heterocycles. The summed E-state index contributed by atoms with van der Waals surface area (Å²) in [6, 6.07) is 4.54. The van der Waals surface area contributed by atoms with Crippen molar-refractivity contribution in [3.8, 4) is 0 Å². The van der Waals surface area contributed by atoms with Crippen molar-refractivity contribution in [2.24, 2.45) is 0 Å². The predicted octanol–water partition coefficient (Wildman–Crippen LogP) is 3.22. The molecule has 1 fully saturated rings. The Morgan fingerprint density at radius 1 is 1.50 bits per heavy atom. The topological polar surface area (TPSA) is 49.3 Å². The molecule has 1 saturated carbocycles. The van der Waals surface area contributed by atoms with Crippen LogP contribution in [0.5, 0.6) is 0 Å². The number of hydrogen-bond donors (Lipinski definition) is 2. The molecule has 3 nitrogen and oxygen atoms in total. The molecule has 0 amide bonds. The Bertz CT molecular complexity index is 453. The largest absolute Gasteiger partial charge is 0.478 e. The maximum atomic E-state index is 13.5. The Kier molecular flexibility index (Phi) is 4.11. The smallest absolute Gasteiger partial charge is 0.338 e. The van der Waals surface area contributed by atoms with Crippen molar-refractivity contribution in [1.29, 1.82) is 0 Å². The number of halogens is 1. The zero-order valence-corrected chi connectivity index (χ0v) is 11.0. The van der Waals surface area contributed by atoms with E-state index in [-0.39, 0.29) is 5.56 Å². The molecule has 0 aliphatic heterocycles. The van der Waals surface area contributed by atoms with Crippen LogP contribution in [0.15, 0.2) is 18.2 Å². The van der Waals surface area contributed by atoms with Gasteiger partial charge >= 0.3 is 5.97 Å². The summed E-state index contributed by atoms with van der Waals surface area (Å²) in [5.74, 6) is -1.92. The molecule has 2 atom stereocenters. The molecule has 1 aliphatic carbocycles. The van der Waals surface area contributed by atoms with E-state index in [2.05, 4.69) is 11.6 Å². The molecular weight excluding hydrogens is 253 g/mol. The molecule has 0 bridgehead atoms. The fourth-order valence-electron chi connectivity index (χ4n) is 2.37. The SMILES string of the molecule is CSC1CCCC1Nc1ccc(C(=O)O)c(F)c1. The molecule has 1 aliphatic rings. The number of thioether (sulfide) groups is 1. The highest BCUT2D eigenvalue weighted by atomic mass is 32.2. The molecule has 2 unspecified atom stereocenters. The molecule has 0 saturated heterocycles. The van der Waals surface area contributed by atoms with Crippen molar-refractivity contribution in [3.05, 3.63) is 29.6 Å². The lowest BCUT2D eigenvalue weighted by molar-refractivity contribution is 0.0692. The summed E-state index contributed by atoms with van der Waals surface area (Å²) in [5, 5.41) is 12.6. The van der Waals surface area contributed by atoms with Crippen molar-refractivity contribution < 1.29 is 14.3 Å². The van der Waals surface area contributed by atoms with Gasteiger partial charge in [-0.1, -0.05) is 6.42 Å². The Labute approximate surface area is 110 Å². The monoisotopic (exact) mass is 269 g/mol. The summed E-state index contributed by atoms with van der Waals surface area (Å²) in [6.07, 6.45) is 5.51. The summed E-state index contributed by atoms with van der Waals surface area (Å²) in [4.78, 5) is 10.7. The van der Waals surface area contributed by atoms with Gasteiger partial charge in [0.05, 0.1) is 5.56 Å². The van der Waals surface area contributed by atoms with E-state index in [0.717, 1.165) is 6.42 Å². The average Bonchev–Trinajstić information content (AvgIpc) is 2.76. The maximum absolute atomic E-state index is 13.5. The molecule has 2 rings (SSSR count). The first-order valence-electron chi connectivity index (χ1n) is 5.94. The number of rotatable bonds is 4. The van der Waals surface area contributed by atoms with Crippen molar-refractivity contribution in [2.75, 3.05) is 11.6 Å². The van der Waals surface area contributed by atoms with Gasteiger partial charge in [-0.25, -0.2) is 9.18 Å². The lowest BCUT2D eigenvalue weighted by atomic mass is 10.1. The van der Waals surface area contributed by atoms with E-state index in [1.54, 1.807) is 6.07 Å². The second-order valence-electron chi connectivity index (χ2n) is 4.46. The van der Waals surface area contributed by atoms with Crippen molar-refractivity contribution in [1.82, 2.24) is 0 Å². The molecule has 0 heterocycles.